The molecule has 0 bridgehead atoms. The van der Waals surface area contributed by atoms with E-state index in [1.165, 1.54) is 11.1 Å². The molecule has 0 spiro atoms. The Kier molecular flexibility index (Phi) is 4.10. The Morgan fingerprint density at radius 2 is 1.94 bits per heavy atom. The zero-order valence-corrected chi connectivity index (χ0v) is 11.2. The first-order chi connectivity index (χ1) is 8.63. The van der Waals surface area contributed by atoms with Gasteiger partial charge in [-0.2, -0.15) is 0 Å². The summed E-state index contributed by atoms with van der Waals surface area (Å²) < 4.78 is 1.88. The highest BCUT2D eigenvalue weighted by Crippen LogP contribution is 2.05. The zero-order chi connectivity index (χ0) is 13.0. The van der Waals surface area contributed by atoms with E-state index in [4.69, 9.17) is 0 Å². The SMILES string of the molecule is Cc1ccc(Cn2cc(CNC(C)C)nn2)cc1. The fraction of sp³-hybridized carbons (Fsp3) is 0.429. The van der Waals surface area contributed by atoms with Crippen molar-refractivity contribution in [3.63, 3.8) is 0 Å². The van der Waals surface area contributed by atoms with Gasteiger partial charge in [0, 0.05) is 12.6 Å². The molecule has 4 heteroatoms. The highest BCUT2D eigenvalue weighted by atomic mass is 15.4. The number of hydrogen-bond acceptors (Lipinski definition) is 3. The lowest BCUT2D eigenvalue weighted by molar-refractivity contribution is 0.580. The molecular formula is C14H20N4. The van der Waals surface area contributed by atoms with Crippen molar-refractivity contribution in [1.82, 2.24) is 20.3 Å². The van der Waals surface area contributed by atoms with Gasteiger partial charge in [-0.1, -0.05) is 48.9 Å². The van der Waals surface area contributed by atoms with Crippen molar-refractivity contribution in [1.29, 1.82) is 0 Å². The number of aromatic nitrogens is 3. The summed E-state index contributed by atoms with van der Waals surface area (Å²) in [6, 6.07) is 8.96. The maximum atomic E-state index is 4.15. The average molecular weight is 244 g/mol. The predicted molar refractivity (Wildman–Crippen MR) is 72.3 cm³/mol. The number of nitrogens with one attached hydrogen (secondary N) is 1. The largest absolute Gasteiger partial charge is 0.309 e. The molecule has 4 nitrogen and oxygen atoms in total. The molecule has 1 aromatic carbocycles. The van der Waals surface area contributed by atoms with Crippen LogP contribution in [0.25, 0.3) is 0 Å². The average Bonchev–Trinajstić information content (AvgIpc) is 2.77. The van der Waals surface area contributed by atoms with E-state index in [0.717, 1.165) is 18.8 Å². The van der Waals surface area contributed by atoms with E-state index in [1.54, 1.807) is 0 Å². The second kappa shape index (κ2) is 5.78. The number of rotatable bonds is 5. The number of nitrogens with zero attached hydrogens (tertiary/aromatic N) is 3. The van der Waals surface area contributed by atoms with Gasteiger partial charge in [-0.25, -0.2) is 4.68 Å². The summed E-state index contributed by atoms with van der Waals surface area (Å²) in [5.41, 5.74) is 3.50. The third-order valence-electron chi connectivity index (χ3n) is 2.74. The molecule has 0 aliphatic heterocycles. The maximum absolute atomic E-state index is 4.15. The van der Waals surface area contributed by atoms with Gasteiger partial charge in [-0.05, 0) is 12.5 Å². The molecule has 0 atom stereocenters. The first-order valence-corrected chi connectivity index (χ1v) is 6.31. The van der Waals surface area contributed by atoms with Crippen LogP contribution >= 0.6 is 0 Å². The predicted octanol–water partition coefficient (Wildman–Crippen LogP) is 2.13. The van der Waals surface area contributed by atoms with E-state index in [1.807, 2.05) is 10.9 Å². The van der Waals surface area contributed by atoms with E-state index in [2.05, 4.69) is 60.7 Å². The Balaban J connectivity index is 1.95. The molecule has 1 aromatic heterocycles. The summed E-state index contributed by atoms with van der Waals surface area (Å²) in [4.78, 5) is 0. The quantitative estimate of drug-likeness (QED) is 0.876. The van der Waals surface area contributed by atoms with Crippen LogP contribution in [0.15, 0.2) is 30.5 Å². The van der Waals surface area contributed by atoms with E-state index in [9.17, 15) is 0 Å². The van der Waals surface area contributed by atoms with Crippen LogP contribution in [-0.4, -0.2) is 21.0 Å². The summed E-state index contributed by atoms with van der Waals surface area (Å²) in [5.74, 6) is 0. The van der Waals surface area contributed by atoms with Crippen LogP contribution in [0.1, 0.15) is 30.7 Å². The topological polar surface area (TPSA) is 42.7 Å². The van der Waals surface area contributed by atoms with Gasteiger partial charge in [0.1, 0.15) is 0 Å². The maximum Gasteiger partial charge on any atom is 0.0965 e. The first kappa shape index (κ1) is 12.8. The summed E-state index contributed by atoms with van der Waals surface area (Å²) >= 11 is 0. The Labute approximate surface area is 108 Å². The smallest absolute Gasteiger partial charge is 0.0965 e. The number of benzene rings is 1. The molecule has 0 aliphatic carbocycles. The van der Waals surface area contributed by atoms with Crippen LogP contribution in [0.4, 0.5) is 0 Å². The van der Waals surface area contributed by atoms with E-state index in [0.29, 0.717) is 6.04 Å². The van der Waals surface area contributed by atoms with E-state index >= 15 is 0 Å². The molecule has 0 radical (unpaired) electrons. The fourth-order valence-corrected chi connectivity index (χ4v) is 1.69. The minimum atomic E-state index is 0.465. The van der Waals surface area contributed by atoms with Gasteiger partial charge in [0.05, 0.1) is 18.4 Å². The molecule has 0 fully saturated rings. The van der Waals surface area contributed by atoms with Crippen LogP contribution < -0.4 is 5.32 Å². The summed E-state index contributed by atoms with van der Waals surface area (Å²) in [7, 11) is 0. The van der Waals surface area contributed by atoms with Gasteiger partial charge in [0.15, 0.2) is 0 Å². The van der Waals surface area contributed by atoms with Gasteiger partial charge in [-0.15, -0.1) is 5.10 Å². The lowest BCUT2D eigenvalue weighted by Crippen LogP contribution is -2.21. The molecule has 1 heterocycles. The molecule has 0 amide bonds. The third-order valence-corrected chi connectivity index (χ3v) is 2.74. The molecule has 1 N–H and O–H groups in total. The van der Waals surface area contributed by atoms with Crippen molar-refractivity contribution in [2.24, 2.45) is 0 Å². The summed E-state index contributed by atoms with van der Waals surface area (Å²) in [5, 5.41) is 11.6. The van der Waals surface area contributed by atoms with E-state index in [-0.39, 0.29) is 0 Å². The van der Waals surface area contributed by atoms with Crippen molar-refractivity contribution in [3.05, 3.63) is 47.3 Å². The van der Waals surface area contributed by atoms with Crippen molar-refractivity contribution in [2.45, 2.75) is 39.9 Å². The van der Waals surface area contributed by atoms with Crippen molar-refractivity contribution in [2.75, 3.05) is 0 Å². The zero-order valence-electron chi connectivity index (χ0n) is 11.2. The normalized spacial score (nSPS) is 11.1. The third kappa shape index (κ3) is 3.67. The molecule has 0 saturated carbocycles. The molecule has 18 heavy (non-hydrogen) atoms. The molecular weight excluding hydrogens is 224 g/mol. The van der Waals surface area contributed by atoms with Gasteiger partial charge in [0.25, 0.3) is 0 Å². The lowest BCUT2D eigenvalue weighted by atomic mass is 10.1. The van der Waals surface area contributed by atoms with Crippen molar-refractivity contribution >= 4 is 0 Å². The Bertz CT molecular complexity index is 485. The van der Waals surface area contributed by atoms with Gasteiger partial charge in [-0.3, -0.25) is 0 Å². The van der Waals surface area contributed by atoms with Crippen LogP contribution in [0.2, 0.25) is 0 Å². The minimum absolute atomic E-state index is 0.465. The second-order valence-corrected chi connectivity index (χ2v) is 4.93. The highest BCUT2D eigenvalue weighted by molar-refractivity contribution is 5.21. The lowest BCUT2D eigenvalue weighted by Gasteiger charge is -2.04. The molecule has 2 rings (SSSR count). The minimum Gasteiger partial charge on any atom is -0.309 e. The van der Waals surface area contributed by atoms with Gasteiger partial charge in [0.2, 0.25) is 0 Å². The van der Waals surface area contributed by atoms with E-state index < -0.39 is 0 Å². The Morgan fingerprint density at radius 3 is 2.61 bits per heavy atom. The highest BCUT2D eigenvalue weighted by Gasteiger charge is 2.02. The van der Waals surface area contributed by atoms with Crippen LogP contribution in [0, 0.1) is 6.92 Å². The van der Waals surface area contributed by atoms with Crippen LogP contribution in [0.3, 0.4) is 0 Å². The number of hydrogen-bond donors (Lipinski definition) is 1. The Morgan fingerprint density at radius 1 is 1.22 bits per heavy atom. The van der Waals surface area contributed by atoms with Gasteiger partial charge >= 0.3 is 0 Å². The second-order valence-electron chi connectivity index (χ2n) is 4.93. The van der Waals surface area contributed by atoms with Crippen molar-refractivity contribution in [3.8, 4) is 0 Å². The van der Waals surface area contributed by atoms with Crippen molar-refractivity contribution < 1.29 is 0 Å². The fourth-order valence-electron chi connectivity index (χ4n) is 1.69. The monoisotopic (exact) mass is 244 g/mol. The first-order valence-electron chi connectivity index (χ1n) is 6.31. The molecule has 96 valence electrons. The molecule has 0 aliphatic rings. The summed E-state index contributed by atoms with van der Waals surface area (Å²) in [6.45, 7) is 7.88. The van der Waals surface area contributed by atoms with Crippen LogP contribution in [0.5, 0.6) is 0 Å². The summed E-state index contributed by atoms with van der Waals surface area (Å²) in [6.07, 6.45) is 2.00. The standard InChI is InChI=1S/C14H20N4/c1-11(2)15-8-14-10-18(17-16-14)9-13-6-4-12(3)5-7-13/h4-7,10-11,15H,8-9H2,1-3H3. The molecule has 0 saturated heterocycles. The molecule has 0 unspecified atom stereocenters. The van der Waals surface area contributed by atoms with Gasteiger partial charge < -0.3 is 5.32 Å². The van der Waals surface area contributed by atoms with Crippen LogP contribution in [-0.2, 0) is 13.1 Å². The molecule has 2 aromatic rings. The Hall–Kier alpha value is -1.68. The number of aryl methyl sites for hydroxylation is 1.